The van der Waals surface area contributed by atoms with Gasteiger partial charge in [-0.15, -0.1) is 0 Å². The van der Waals surface area contributed by atoms with Crippen LogP contribution in [0.15, 0.2) is 30.5 Å². The lowest BCUT2D eigenvalue weighted by Crippen LogP contribution is -2.26. The lowest BCUT2D eigenvalue weighted by atomic mass is 10.1. The number of aromatic nitrogens is 1. The molecule has 18 heavy (non-hydrogen) atoms. The van der Waals surface area contributed by atoms with Gasteiger partial charge in [0, 0.05) is 18.1 Å². The van der Waals surface area contributed by atoms with Gasteiger partial charge < -0.3 is 14.8 Å². The molecule has 2 rings (SSSR count). The van der Waals surface area contributed by atoms with Crippen molar-refractivity contribution >= 4 is 10.8 Å². The minimum absolute atomic E-state index is 0.0789. The minimum atomic E-state index is 0.0789. The molecule has 0 saturated carbocycles. The second kappa shape index (κ2) is 5.69. The number of nitrogens with zero attached hydrogens (tertiary/aromatic N) is 1. The maximum Gasteiger partial charge on any atom is 0.221 e. The fraction of sp³-hybridized carbons (Fsp3) is 0.357. The highest BCUT2D eigenvalue weighted by atomic mass is 16.5. The molecule has 0 bridgehead atoms. The average molecular weight is 246 g/mol. The van der Waals surface area contributed by atoms with Gasteiger partial charge in [-0.05, 0) is 43.6 Å². The molecule has 0 saturated heterocycles. The van der Waals surface area contributed by atoms with Crippen molar-refractivity contribution in [2.24, 2.45) is 0 Å². The van der Waals surface area contributed by atoms with E-state index in [2.05, 4.69) is 10.3 Å². The molecule has 0 aliphatic rings. The number of likely N-dealkylation sites (N-methyl/N-ethyl adjacent to an activating group) is 1. The van der Waals surface area contributed by atoms with Gasteiger partial charge in [-0.25, -0.2) is 4.98 Å². The van der Waals surface area contributed by atoms with Gasteiger partial charge in [0.15, 0.2) is 0 Å². The topological polar surface area (TPSA) is 43.4 Å². The number of methoxy groups -OCH3 is 1. The maximum atomic E-state index is 5.83. The summed E-state index contributed by atoms with van der Waals surface area (Å²) in [5.41, 5.74) is 0. The summed E-state index contributed by atoms with van der Waals surface area (Å²) in [6, 6.07) is 7.82. The van der Waals surface area contributed by atoms with E-state index >= 15 is 0 Å². The third kappa shape index (κ3) is 2.71. The molecular weight excluding hydrogens is 228 g/mol. The van der Waals surface area contributed by atoms with Gasteiger partial charge in [-0.2, -0.15) is 0 Å². The summed E-state index contributed by atoms with van der Waals surface area (Å²) in [6.45, 7) is 2.80. The smallest absolute Gasteiger partial charge is 0.221 e. The second-order valence-corrected chi connectivity index (χ2v) is 4.19. The molecule has 0 aliphatic carbocycles. The quantitative estimate of drug-likeness (QED) is 0.878. The number of rotatable bonds is 5. The third-order valence-corrected chi connectivity index (χ3v) is 2.74. The predicted molar refractivity (Wildman–Crippen MR) is 72.3 cm³/mol. The third-order valence-electron chi connectivity index (χ3n) is 2.74. The number of hydrogen-bond donors (Lipinski definition) is 1. The van der Waals surface area contributed by atoms with Gasteiger partial charge in [0.2, 0.25) is 5.88 Å². The SMILES string of the molecule is CNCC(C)Oc1nccc2cc(OC)ccc12. The van der Waals surface area contributed by atoms with Gasteiger partial charge in [0.25, 0.3) is 0 Å². The summed E-state index contributed by atoms with van der Waals surface area (Å²) in [5.74, 6) is 1.50. The van der Waals surface area contributed by atoms with Crippen LogP contribution in [-0.2, 0) is 0 Å². The minimum Gasteiger partial charge on any atom is -0.497 e. The first-order valence-electron chi connectivity index (χ1n) is 5.98. The van der Waals surface area contributed by atoms with Crippen LogP contribution in [0.2, 0.25) is 0 Å². The molecule has 1 atom stereocenters. The summed E-state index contributed by atoms with van der Waals surface area (Å²) >= 11 is 0. The predicted octanol–water partition coefficient (Wildman–Crippen LogP) is 2.23. The maximum absolute atomic E-state index is 5.83. The Kier molecular flexibility index (Phi) is 3.99. The molecule has 1 heterocycles. The Balaban J connectivity index is 2.33. The van der Waals surface area contributed by atoms with Gasteiger partial charge in [0.05, 0.1) is 7.11 Å². The van der Waals surface area contributed by atoms with Crippen LogP contribution in [0.5, 0.6) is 11.6 Å². The highest BCUT2D eigenvalue weighted by Crippen LogP contribution is 2.27. The fourth-order valence-corrected chi connectivity index (χ4v) is 1.87. The number of pyridine rings is 1. The molecule has 4 heteroatoms. The Hall–Kier alpha value is -1.81. The number of hydrogen-bond acceptors (Lipinski definition) is 4. The van der Waals surface area contributed by atoms with Crippen LogP contribution in [0.25, 0.3) is 10.8 Å². The molecule has 0 spiro atoms. The first kappa shape index (κ1) is 12.6. The molecule has 0 fully saturated rings. The van der Waals surface area contributed by atoms with E-state index in [0.29, 0.717) is 5.88 Å². The van der Waals surface area contributed by atoms with Gasteiger partial charge in [-0.1, -0.05) is 0 Å². The second-order valence-electron chi connectivity index (χ2n) is 4.19. The van der Waals surface area contributed by atoms with E-state index in [9.17, 15) is 0 Å². The lowest BCUT2D eigenvalue weighted by molar-refractivity contribution is 0.215. The number of nitrogens with one attached hydrogen (secondary N) is 1. The van der Waals surface area contributed by atoms with Crippen LogP contribution in [0.3, 0.4) is 0 Å². The first-order chi connectivity index (χ1) is 8.74. The summed E-state index contributed by atoms with van der Waals surface area (Å²) in [4.78, 5) is 4.29. The van der Waals surface area contributed by atoms with E-state index in [0.717, 1.165) is 23.1 Å². The molecule has 2 aromatic rings. The van der Waals surface area contributed by atoms with Crippen LogP contribution >= 0.6 is 0 Å². The summed E-state index contributed by atoms with van der Waals surface area (Å²) < 4.78 is 11.0. The Labute approximate surface area is 107 Å². The van der Waals surface area contributed by atoms with E-state index in [1.165, 1.54) is 0 Å². The highest BCUT2D eigenvalue weighted by Gasteiger charge is 2.08. The van der Waals surface area contributed by atoms with Crippen molar-refractivity contribution in [2.75, 3.05) is 20.7 Å². The summed E-state index contributed by atoms with van der Waals surface area (Å²) in [7, 11) is 3.57. The number of fused-ring (bicyclic) bond motifs is 1. The van der Waals surface area contributed by atoms with Crippen LogP contribution in [0.1, 0.15) is 6.92 Å². The van der Waals surface area contributed by atoms with E-state index in [1.54, 1.807) is 13.3 Å². The van der Waals surface area contributed by atoms with Crippen LogP contribution in [-0.4, -0.2) is 31.8 Å². The molecule has 4 nitrogen and oxygen atoms in total. The van der Waals surface area contributed by atoms with Crippen molar-refractivity contribution < 1.29 is 9.47 Å². The highest BCUT2D eigenvalue weighted by molar-refractivity contribution is 5.87. The van der Waals surface area contributed by atoms with Crippen molar-refractivity contribution in [1.29, 1.82) is 0 Å². The zero-order valence-corrected chi connectivity index (χ0v) is 10.9. The molecule has 1 unspecified atom stereocenters. The molecule has 0 amide bonds. The zero-order valence-electron chi connectivity index (χ0n) is 10.9. The Morgan fingerprint density at radius 3 is 2.89 bits per heavy atom. The largest absolute Gasteiger partial charge is 0.497 e. The monoisotopic (exact) mass is 246 g/mol. The average Bonchev–Trinajstić information content (AvgIpc) is 2.38. The Morgan fingerprint density at radius 2 is 2.17 bits per heavy atom. The normalized spacial score (nSPS) is 12.4. The Bertz CT molecular complexity index is 528. The first-order valence-corrected chi connectivity index (χ1v) is 5.98. The van der Waals surface area contributed by atoms with E-state index in [1.807, 2.05) is 38.2 Å². The summed E-state index contributed by atoms with van der Waals surface area (Å²) in [5, 5.41) is 5.15. The molecule has 0 aliphatic heterocycles. The van der Waals surface area contributed by atoms with Crippen molar-refractivity contribution in [2.45, 2.75) is 13.0 Å². The molecule has 1 N–H and O–H groups in total. The van der Waals surface area contributed by atoms with Gasteiger partial charge >= 0.3 is 0 Å². The molecule has 1 aromatic heterocycles. The number of benzene rings is 1. The van der Waals surface area contributed by atoms with Crippen molar-refractivity contribution in [3.8, 4) is 11.6 Å². The molecule has 1 aromatic carbocycles. The number of ether oxygens (including phenoxy) is 2. The van der Waals surface area contributed by atoms with Crippen LogP contribution in [0.4, 0.5) is 0 Å². The van der Waals surface area contributed by atoms with E-state index in [-0.39, 0.29) is 6.10 Å². The van der Waals surface area contributed by atoms with Crippen molar-refractivity contribution in [3.05, 3.63) is 30.5 Å². The van der Waals surface area contributed by atoms with Gasteiger partial charge in [0.1, 0.15) is 11.9 Å². The van der Waals surface area contributed by atoms with Crippen molar-refractivity contribution in [3.63, 3.8) is 0 Å². The van der Waals surface area contributed by atoms with E-state index in [4.69, 9.17) is 9.47 Å². The lowest BCUT2D eigenvalue weighted by Gasteiger charge is -2.15. The molecule has 96 valence electrons. The van der Waals surface area contributed by atoms with Crippen LogP contribution in [0, 0.1) is 0 Å². The Morgan fingerprint density at radius 1 is 1.33 bits per heavy atom. The van der Waals surface area contributed by atoms with E-state index < -0.39 is 0 Å². The van der Waals surface area contributed by atoms with Crippen LogP contribution < -0.4 is 14.8 Å². The summed E-state index contributed by atoms with van der Waals surface area (Å²) in [6.07, 6.45) is 1.83. The molecule has 0 radical (unpaired) electrons. The zero-order chi connectivity index (χ0) is 13.0. The standard InChI is InChI=1S/C14H18N2O2/c1-10(9-15-2)18-14-13-5-4-12(17-3)8-11(13)6-7-16-14/h4-8,10,15H,9H2,1-3H3. The van der Waals surface area contributed by atoms with Gasteiger partial charge in [-0.3, -0.25) is 0 Å². The molecular formula is C14H18N2O2. The fourth-order valence-electron chi connectivity index (χ4n) is 1.87. The van der Waals surface area contributed by atoms with Crippen molar-refractivity contribution in [1.82, 2.24) is 10.3 Å².